The molecule has 2 fully saturated rings. The molecule has 8 atom stereocenters. The molecular weight excluding hydrogens is 860 g/mol. The number of ether oxygens (including phenoxy) is 12. The Balaban J connectivity index is 1.44. The molecule has 0 aromatic carbocycles. The fourth-order valence-corrected chi connectivity index (χ4v) is 6.91. The molecule has 22 nitrogen and oxygen atoms in total. The Bertz CT molecular complexity index is 1890. The van der Waals surface area contributed by atoms with Crippen LogP contribution in [-0.4, -0.2) is 163 Å². The first-order chi connectivity index (χ1) is 31.3. The lowest BCUT2D eigenvalue weighted by Gasteiger charge is -2.29. The van der Waals surface area contributed by atoms with Gasteiger partial charge in [0.15, 0.2) is 41.2 Å². The number of amides is 2. The highest BCUT2D eigenvalue weighted by molar-refractivity contribution is 5.98. The number of cyclic esters (lactones) is 2. The molecule has 2 aromatic rings. The number of pyridine rings is 2. The molecule has 4 heterocycles. The number of nitrogens with one attached hydrogen (secondary N) is 2. The molecule has 3 N–H and O–H groups in total. The molecule has 2 saturated heterocycles. The molecule has 0 spiro atoms. The first kappa shape index (κ1) is 52.2. The standard InChI is InChI=1S/C43H62N4O18/c1-9-11-17-60-31-22-58-20-27(42(52)64-25(3)37(31)56-7)45-40(50)34-39(30(55-6)13-15-44-34)63-24-62-33(48)19-47-16-14-29(54-5)36(49)35(47)41(51)46-28-21-59-23-32(61-18-12-10-2)38(57-8)26(4)65-43(28)53/h13-16,25-28,31-32,37-38H,9-12,17-24H2,1-8H3,(H2-,45,46,49,50,51)/p+1. The van der Waals surface area contributed by atoms with Crippen LogP contribution in [-0.2, 0) is 63.6 Å². The summed E-state index contributed by atoms with van der Waals surface area (Å²) in [7, 11) is 5.52. The summed E-state index contributed by atoms with van der Waals surface area (Å²) in [5.41, 5.74) is -0.797. The largest absolute Gasteiger partial charge is 0.500 e. The maximum Gasteiger partial charge on any atom is 0.375 e. The second kappa shape index (κ2) is 26.5. The highest BCUT2D eigenvalue weighted by Crippen LogP contribution is 2.30. The van der Waals surface area contributed by atoms with Crippen LogP contribution in [0.25, 0.3) is 0 Å². The summed E-state index contributed by atoms with van der Waals surface area (Å²) in [6.45, 7) is 6.29. The van der Waals surface area contributed by atoms with Gasteiger partial charge in [-0.1, -0.05) is 26.7 Å². The summed E-state index contributed by atoms with van der Waals surface area (Å²) in [5.74, 6) is -5.42. The molecule has 2 aliphatic heterocycles. The highest BCUT2D eigenvalue weighted by Gasteiger charge is 2.39. The van der Waals surface area contributed by atoms with Gasteiger partial charge in [0, 0.05) is 45.8 Å². The molecule has 0 bridgehead atoms. The van der Waals surface area contributed by atoms with E-state index < -0.39 is 103 Å². The predicted octanol–water partition coefficient (Wildman–Crippen LogP) is 1.19. The Labute approximate surface area is 377 Å². The third-order valence-corrected chi connectivity index (χ3v) is 10.4. The Kier molecular flexibility index (Phi) is 21.3. The first-order valence-corrected chi connectivity index (χ1v) is 21.4. The van der Waals surface area contributed by atoms with Gasteiger partial charge in [-0.3, -0.25) is 9.59 Å². The van der Waals surface area contributed by atoms with Crippen molar-refractivity contribution in [2.45, 2.75) is 109 Å². The predicted molar refractivity (Wildman–Crippen MR) is 223 cm³/mol. The third kappa shape index (κ3) is 14.6. The van der Waals surface area contributed by atoms with Gasteiger partial charge in [0.25, 0.3) is 5.91 Å². The number of hydrogen-bond acceptors (Lipinski definition) is 19. The number of esters is 3. The van der Waals surface area contributed by atoms with E-state index in [2.05, 4.69) is 15.6 Å². The number of rotatable bonds is 21. The summed E-state index contributed by atoms with van der Waals surface area (Å²) in [4.78, 5) is 71.4. The summed E-state index contributed by atoms with van der Waals surface area (Å²) < 4.78 is 68.7. The van der Waals surface area contributed by atoms with E-state index in [0.717, 1.165) is 30.3 Å². The van der Waals surface area contributed by atoms with E-state index in [0.29, 0.717) is 13.2 Å². The molecule has 362 valence electrons. The smallest absolute Gasteiger partial charge is 0.375 e. The maximum absolute atomic E-state index is 13.8. The lowest BCUT2D eigenvalue weighted by molar-refractivity contribution is -0.688. The van der Waals surface area contributed by atoms with Gasteiger partial charge in [0.05, 0.1) is 40.6 Å². The van der Waals surface area contributed by atoms with Crippen LogP contribution in [0.3, 0.4) is 0 Å². The van der Waals surface area contributed by atoms with Crippen molar-refractivity contribution in [1.29, 1.82) is 0 Å². The van der Waals surface area contributed by atoms with E-state index in [1.165, 1.54) is 53.0 Å². The van der Waals surface area contributed by atoms with Crippen LogP contribution in [0, 0.1) is 0 Å². The molecule has 65 heavy (non-hydrogen) atoms. The van der Waals surface area contributed by atoms with E-state index in [4.69, 9.17) is 56.8 Å². The lowest BCUT2D eigenvalue weighted by Crippen LogP contribution is -2.51. The van der Waals surface area contributed by atoms with Crippen molar-refractivity contribution < 1.29 is 90.5 Å². The van der Waals surface area contributed by atoms with Crippen LogP contribution in [0.5, 0.6) is 23.0 Å². The van der Waals surface area contributed by atoms with Crippen molar-refractivity contribution in [3.63, 3.8) is 0 Å². The van der Waals surface area contributed by atoms with Gasteiger partial charge in [-0.05, 0) is 26.7 Å². The number of hydrogen-bond donors (Lipinski definition) is 3. The zero-order chi connectivity index (χ0) is 47.5. The second-order valence-corrected chi connectivity index (χ2v) is 15.0. The lowest BCUT2D eigenvalue weighted by atomic mass is 10.1. The minimum absolute atomic E-state index is 0.0277. The van der Waals surface area contributed by atoms with Gasteiger partial charge >= 0.3 is 29.5 Å². The Morgan fingerprint density at radius 1 is 0.785 bits per heavy atom. The van der Waals surface area contributed by atoms with E-state index in [9.17, 15) is 29.1 Å². The summed E-state index contributed by atoms with van der Waals surface area (Å²) in [6, 6.07) is 0.0783. The van der Waals surface area contributed by atoms with Gasteiger partial charge in [0.1, 0.15) is 36.6 Å². The van der Waals surface area contributed by atoms with Crippen molar-refractivity contribution in [3.05, 3.63) is 35.9 Å². The Hall–Kier alpha value is -5.39. The molecule has 2 aromatic heterocycles. The normalized spacial score (nSPS) is 24.0. The number of aromatic nitrogens is 2. The molecule has 4 rings (SSSR count). The van der Waals surface area contributed by atoms with Crippen molar-refractivity contribution >= 4 is 29.7 Å². The zero-order valence-corrected chi connectivity index (χ0v) is 38.2. The van der Waals surface area contributed by atoms with Crippen molar-refractivity contribution in [1.82, 2.24) is 15.6 Å². The third-order valence-electron chi connectivity index (χ3n) is 10.4. The van der Waals surface area contributed by atoms with Gasteiger partial charge < -0.3 is 72.6 Å². The van der Waals surface area contributed by atoms with Gasteiger partial charge in [0.2, 0.25) is 19.1 Å². The average molecular weight is 924 g/mol. The summed E-state index contributed by atoms with van der Waals surface area (Å²) in [6.07, 6.45) is 2.03. The van der Waals surface area contributed by atoms with E-state index >= 15 is 0 Å². The van der Waals surface area contributed by atoms with Crippen molar-refractivity contribution in [2.75, 3.05) is 74.9 Å². The summed E-state index contributed by atoms with van der Waals surface area (Å²) >= 11 is 0. The number of unbranched alkanes of at least 4 members (excludes halogenated alkanes) is 2. The van der Waals surface area contributed by atoms with Gasteiger partial charge in [-0.25, -0.2) is 19.4 Å². The van der Waals surface area contributed by atoms with Gasteiger partial charge in [-0.2, -0.15) is 4.57 Å². The SMILES string of the molecule is CCCCOC1COCC(NC(=O)c2nccc(OC)c2OCOC(=O)C[n+]2ccc(OC)c(O)c2C(=O)NC2COCC(OCCCC)C(OC)C(C)OC2=O)C(=O)OC(C)C1OC. The van der Waals surface area contributed by atoms with Crippen LogP contribution >= 0.6 is 0 Å². The molecule has 0 aliphatic carbocycles. The fourth-order valence-electron chi connectivity index (χ4n) is 6.91. The zero-order valence-electron chi connectivity index (χ0n) is 38.2. The number of carbonyl (C=O) groups is 5. The maximum atomic E-state index is 13.8. The van der Waals surface area contributed by atoms with Crippen LogP contribution < -0.4 is 29.4 Å². The number of methoxy groups -OCH3 is 4. The number of carbonyl (C=O) groups excluding carboxylic acids is 5. The topological polar surface area (TPSA) is 257 Å². The average Bonchev–Trinajstić information content (AvgIpc) is 3.36. The monoisotopic (exact) mass is 923 g/mol. The Morgan fingerprint density at radius 3 is 1.83 bits per heavy atom. The van der Waals surface area contributed by atoms with Crippen molar-refractivity contribution in [2.24, 2.45) is 0 Å². The molecule has 2 aliphatic rings. The first-order valence-electron chi connectivity index (χ1n) is 21.4. The van der Waals surface area contributed by atoms with E-state index in [-0.39, 0.29) is 49.4 Å². The molecular formula is C43H63N4O18+. The molecule has 22 heteroatoms. The summed E-state index contributed by atoms with van der Waals surface area (Å²) in [5, 5.41) is 16.2. The fraction of sp³-hybridized carbons (Fsp3) is 0.651. The Morgan fingerprint density at radius 2 is 1.32 bits per heavy atom. The molecule has 0 radical (unpaired) electrons. The van der Waals surface area contributed by atoms with Crippen LogP contribution in [0.15, 0.2) is 24.5 Å². The van der Waals surface area contributed by atoms with E-state index in [1.54, 1.807) is 13.8 Å². The second-order valence-electron chi connectivity index (χ2n) is 15.0. The molecule has 8 unspecified atom stereocenters. The minimum atomic E-state index is -1.35. The molecule has 0 saturated carbocycles. The van der Waals surface area contributed by atoms with Crippen LogP contribution in [0.1, 0.15) is 74.4 Å². The van der Waals surface area contributed by atoms with Gasteiger partial charge in [-0.15, -0.1) is 0 Å². The van der Waals surface area contributed by atoms with E-state index in [1.807, 2.05) is 13.8 Å². The number of nitrogens with zero attached hydrogens (tertiary/aromatic N) is 2. The number of aromatic hydroxyl groups is 1. The van der Waals surface area contributed by atoms with Crippen molar-refractivity contribution in [3.8, 4) is 23.0 Å². The minimum Gasteiger partial charge on any atom is -0.500 e. The van der Waals surface area contributed by atoms with Crippen LogP contribution in [0.4, 0.5) is 0 Å². The quantitative estimate of drug-likeness (QED) is 0.0522. The van der Waals surface area contributed by atoms with Crippen LogP contribution in [0.2, 0.25) is 0 Å². The highest BCUT2D eigenvalue weighted by atomic mass is 16.7. The molecule has 2 amide bonds.